The Kier molecular flexibility index (Phi) is 3.44. The van der Waals surface area contributed by atoms with Crippen LogP contribution in [0.2, 0.25) is 0 Å². The van der Waals surface area contributed by atoms with Crippen LogP contribution in [0.5, 0.6) is 0 Å². The van der Waals surface area contributed by atoms with Crippen LogP contribution >= 0.6 is 22.9 Å². The average Bonchev–Trinajstić information content (AvgIpc) is 2.72. The molecule has 0 aromatic carbocycles. The lowest BCUT2D eigenvalue weighted by molar-refractivity contribution is 0.190. The third-order valence-corrected chi connectivity index (χ3v) is 3.70. The van der Waals surface area contributed by atoms with Gasteiger partial charge in [-0.15, -0.1) is 22.9 Å². The van der Waals surface area contributed by atoms with E-state index in [1.165, 1.54) is 10.4 Å². The summed E-state index contributed by atoms with van der Waals surface area (Å²) in [5.74, 6) is 0. The van der Waals surface area contributed by atoms with Crippen molar-refractivity contribution >= 4 is 22.9 Å². The summed E-state index contributed by atoms with van der Waals surface area (Å²) in [5.41, 5.74) is 1.34. The second-order valence-electron chi connectivity index (χ2n) is 3.61. The fraction of sp³-hybridized carbons (Fsp3) is 0.600. The molecule has 2 rings (SSSR count). The van der Waals surface area contributed by atoms with Gasteiger partial charge in [0.1, 0.15) is 0 Å². The Balaban J connectivity index is 1.82. The van der Waals surface area contributed by atoms with Gasteiger partial charge in [-0.25, -0.2) is 0 Å². The lowest BCUT2D eigenvalue weighted by Gasteiger charge is -2.12. The van der Waals surface area contributed by atoms with E-state index in [1.54, 1.807) is 11.3 Å². The number of hydrogen-bond donors (Lipinski definition) is 1. The van der Waals surface area contributed by atoms with Crippen LogP contribution in [-0.4, -0.2) is 24.6 Å². The molecule has 0 amide bonds. The van der Waals surface area contributed by atoms with E-state index in [0.717, 1.165) is 13.2 Å². The first-order valence-corrected chi connectivity index (χ1v) is 6.06. The van der Waals surface area contributed by atoms with Gasteiger partial charge in [0.05, 0.1) is 18.6 Å². The summed E-state index contributed by atoms with van der Waals surface area (Å²) in [5, 5.41) is 5.71. The molecule has 2 nitrogen and oxygen atoms in total. The summed E-state index contributed by atoms with van der Waals surface area (Å²) in [6, 6.07) is 2.51. The van der Waals surface area contributed by atoms with Crippen molar-refractivity contribution in [3.05, 3.63) is 21.9 Å². The monoisotopic (exact) mass is 231 g/mol. The van der Waals surface area contributed by atoms with Crippen LogP contribution in [0.15, 0.2) is 11.4 Å². The highest BCUT2D eigenvalue weighted by Gasteiger charge is 2.25. The molecule has 2 heterocycles. The summed E-state index contributed by atoms with van der Waals surface area (Å²) in [6.07, 6.45) is 0. The van der Waals surface area contributed by atoms with Gasteiger partial charge >= 0.3 is 0 Å². The zero-order chi connectivity index (χ0) is 9.97. The molecule has 1 fully saturated rings. The first kappa shape index (κ1) is 10.4. The van der Waals surface area contributed by atoms with Crippen molar-refractivity contribution in [2.75, 3.05) is 13.2 Å². The fourth-order valence-corrected chi connectivity index (χ4v) is 2.51. The maximum absolute atomic E-state index is 6.06. The number of hydrogen-bond acceptors (Lipinski definition) is 3. The molecule has 1 saturated heterocycles. The topological polar surface area (TPSA) is 21.3 Å². The zero-order valence-corrected chi connectivity index (χ0v) is 9.70. The second-order valence-corrected chi connectivity index (χ2v) is 5.28. The Labute approximate surface area is 93.2 Å². The smallest absolute Gasteiger partial charge is 0.0745 e. The second kappa shape index (κ2) is 4.62. The first-order valence-electron chi connectivity index (χ1n) is 4.75. The van der Waals surface area contributed by atoms with Crippen LogP contribution in [-0.2, 0) is 11.3 Å². The fourth-order valence-electron chi connectivity index (χ4n) is 1.55. The Morgan fingerprint density at radius 3 is 3.07 bits per heavy atom. The lowest BCUT2D eigenvalue weighted by Crippen LogP contribution is -2.35. The summed E-state index contributed by atoms with van der Waals surface area (Å²) < 4.78 is 5.27. The summed E-state index contributed by atoms with van der Waals surface area (Å²) >= 11 is 7.85. The molecular weight excluding hydrogens is 218 g/mol. The van der Waals surface area contributed by atoms with E-state index >= 15 is 0 Å². The van der Waals surface area contributed by atoms with Crippen molar-refractivity contribution in [2.45, 2.75) is 24.9 Å². The molecule has 0 radical (unpaired) electrons. The van der Waals surface area contributed by atoms with E-state index in [-0.39, 0.29) is 5.38 Å². The Bertz CT molecular complexity index is 302. The SMILES string of the molecule is Cc1cc(CNC2COCC2Cl)cs1. The van der Waals surface area contributed by atoms with E-state index in [1.807, 2.05) is 0 Å². The Morgan fingerprint density at radius 1 is 1.64 bits per heavy atom. The number of nitrogens with one attached hydrogen (secondary N) is 1. The van der Waals surface area contributed by atoms with E-state index < -0.39 is 0 Å². The number of thiophene rings is 1. The third-order valence-electron chi connectivity index (χ3n) is 2.36. The highest BCUT2D eigenvalue weighted by atomic mass is 35.5. The van der Waals surface area contributed by atoms with Gasteiger partial charge < -0.3 is 10.1 Å². The van der Waals surface area contributed by atoms with Crippen molar-refractivity contribution in [1.82, 2.24) is 5.32 Å². The van der Waals surface area contributed by atoms with Gasteiger partial charge in [-0.3, -0.25) is 0 Å². The molecule has 0 aliphatic carbocycles. The molecule has 1 aliphatic rings. The minimum absolute atomic E-state index is 0.120. The van der Waals surface area contributed by atoms with Gasteiger partial charge in [-0.2, -0.15) is 0 Å². The molecule has 0 bridgehead atoms. The quantitative estimate of drug-likeness (QED) is 0.805. The predicted molar refractivity (Wildman–Crippen MR) is 60.1 cm³/mol. The van der Waals surface area contributed by atoms with Crippen molar-refractivity contribution in [1.29, 1.82) is 0 Å². The maximum Gasteiger partial charge on any atom is 0.0745 e. The van der Waals surface area contributed by atoms with Gasteiger partial charge in [0.2, 0.25) is 0 Å². The molecule has 1 aromatic rings. The normalized spacial score (nSPS) is 27.0. The van der Waals surface area contributed by atoms with E-state index in [9.17, 15) is 0 Å². The third kappa shape index (κ3) is 2.48. The van der Waals surface area contributed by atoms with Crippen LogP contribution in [0.1, 0.15) is 10.4 Å². The van der Waals surface area contributed by atoms with Crippen LogP contribution < -0.4 is 5.32 Å². The molecule has 2 unspecified atom stereocenters. The van der Waals surface area contributed by atoms with Gasteiger partial charge in [-0.05, 0) is 23.9 Å². The van der Waals surface area contributed by atoms with Crippen LogP contribution in [0.4, 0.5) is 0 Å². The molecule has 4 heteroatoms. The summed E-state index contributed by atoms with van der Waals surface area (Å²) in [4.78, 5) is 1.35. The molecule has 1 aliphatic heterocycles. The summed E-state index contributed by atoms with van der Waals surface area (Å²) in [7, 11) is 0. The van der Waals surface area contributed by atoms with Crippen LogP contribution in [0.25, 0.3) is 0 Å². The molecule has 0 saturated carbocycles. The van der Waals surface area contributed by atoms with Crippen molar-refractivity contribution < 1.29 is 4.74 Å². The average molecular weight is 232 g/mol. The summed E-state index contributed by atoms with van der Waals surface area (Å²) in [6.45, 7) is 4.41. The molecule has 78 valence electrons. The number of halogens is 1. The van der Waals surface area contributed by atoms with Gasteiger partial charge in [0.15, 0.2) is 0 Å². The predicted octanol–water partition coefficient (Wildman–Crippen LogP) is 2.15. The molecular formula is C10H14ClNOS. The highest BCUT2D eigenvalue weighted by molar-refractivity contribution is 7.10. The number of ether oxygens (including phenoxy) is 1. The van der Waals surface area contributed by atoms with E-state index in [0.29, 0.717) is 12.6 Å². The first-order chi connectivity index (χ1) is 6.75. The molecule has 1 aromatic heterocycles. The minimum atomic E-state index is 0.120. The minimum Gasteiger partial charge on any atom is -0.378 e. The van der Waals surface area contributed by atoms with Crippen molar-refractivity contribution in [2.24, 2.45) is 0 Å². The Hall–Kier alpha value is -0.0900. The van der Waals surface area contributed by atoms with E-state index in [4.69, 9.17) is 16.3 Å². The Morgan fingerprint density at radius 2 is 2.50 bits per heavy atom. The van der Waals surface area contributed by atoms with Gasteiger partial charge in [0.25, 0.3) is 0 Å². The van der Waals surface area contributed by atoms with E-state index in [2.05, 4.69) is 23.7 Å². The van der Waals surface area contributed by atoms with Gasteiger partial charge in [-0.1, -0.05) is 0 Å². The highest BCUT2D eigenvalue weighted by Crippen LogP contribution is 2.15. The van der Waals surface area contributed by atoms with Crippen LogP contribution in [0.3, 0.4) is 0 Å². The lowest BCUT2D eigenvalue weighted by atomic mass is 10.2. The molecule has 14 heavy (non-hydrogen) atoms. The number of alkyl halides is 1. The number of aryl methyl sites for hydroxylation is 1. The van der Waals surface area contributed by atoms with Crippen LogP contribution in [0, 0.1) is 6.92 Å². The molecule has 2 atom stereocenters. The molecule has 1 N–H and O–H groups in total. The van der Waals surface area contributed by atoms with Crippen molar-refractivity contribution in [3.8, 4) is 0 Å². The standard InChI is InChI=1S/C10H14ClNOS/c1-7-2-8(6-14-7)3-12-10-5-13-4-9(10)11/h2,6,9-10,12H,3-5H2,1H3. The zero-order valence-electron chi connectivity index (χ0n) is 8.13. The van der Waals surface area contributed by atoms with Gasteiger partial charge in [0, 0.05) is 17.5 Å². The largest absolute Gasteiger partial charge is 0.378 e. The molecule has 0 spiro atoms. The number of rotatable bonds is 3. The maximum atomic E-state index is 6.06. The van der Waals surface area contributed by atoms with Crippen molar-refractivity contribution in [3.63, 3.8) is 0 Å².